The summed E-state index contributed by atoms with van der Waals surface area (Å²) in [5, 5.41) is 16.5. The van der Waals surface area contributed by atoms with E-state index in [-0.39, 0.29) is 28.9 Å². The van der Waals surface area contributed by atoms with Crippen LogP contribution in [0.5, 0.6) is 5.75 Å². The normalized spacial score (nSPS) is 27.5. The second kappa shape index (κ2) is 12.2. The number of aliphatic hydroxyl groups is 1. The molecule has 2 aliphatic rings. The van der Waals surface area contributed by atoms with E-state index in [1.54, 1.807) is 32.0 Å². The number of anilines is 2. The molecule has 0 radical (unpaired) electrons. The molecule has 0 amide bonds. The first-order valence-electron chi connectivity index (χ1n) is 14.2. The summed E-state index contributed by atoms with van der Waals surface area (Å²) < 4.78 is 68.9. The van der Waals surface area contributed by atoms with Gasteiger partial charge in [-0.2, -0.15) is 15.1 Å². The Morgan fingerprint density at radius 1 is 1.25 bits per heavy atom. The number of nitrogens with two attached hydrogens (primary N) is 1. The molecule has 240 valence electrons. The van der Waals surface area contributed by atoms with Crippen molar-refractivity contribution in [1.29, 1.82) is 0 Å². The predicted molar refractivity (Wildman–Crippen MR) is 155 cm³/mol. The van der Waals surface area contributed by atoms with E-state index in [1.165, 1.54) is 25.4 Å². The summed E-state index contributed by atoms with van der Waals surface area (Å²) in [6.07, 6.45) is -0.601. The third kappa shape index (κ3) is 6.49. The minimum absolute atomic E-state index is 0.0443. The smallest absolute Gasteiger partial charge is 0.459 e. The Morgan fingerprint density at radius 3 is 2.59 bits per heavy atom. The van der Waals surface area contributed by atoms with Crippen molar-refractivity contribution in [3.8, 4) is 5.75 Å². The lowest BCUT2D eigenvalue weighted by Gasteiger charge is -2.28. The summed E-state index contributed by atoms with van der Waals surface area (Å²) in [6.45, 7) is 4.29. The van der Waals surface area contributed by atoms with Crippen LogP contribution in [0.2, 0.25) is 0 Å². The molecule has 0 bridgehead atoms. The van der Waals surface area contributed by atoms with Crippen molar-refractivity contribution < 1.29 is 41.8 Å². The van der Waals surface area contributed by atoms with Crippen molar-refractivity contribution in [3.63, 3.8) is 0 Å². The number of para-hydroxylation sites is 1. The minimum atomic E-state index is -4.57. The van der Waals surface area contributed by atoms with Crippen molar-refractivity contribution in [2.24, 2.45) is 0 Å². The number of benzene rings is 1. The predicted octanol–water partition coefficient (Wildman–Crippen LogP) is 3.79. The molecule has 2 aromatic heterocycles. The van der Waals surface area contributed by atoms with Crippen molar-refractivity contribution in [1.82, 2.24) is 24.6 Å². The SMILES string of the molecule is CC(C)OC(=O)[C@H](C)N[P@](=O)(OC[C@@]1(F)O[C@@H](n2cnc3c(NC4CCC4)nc(N)nc32)[C@](C)(F)[C@@H]1O)Oc1ccccc1. The van der Waals surface area contributed by atoms with Crippen LogP contribution in [-0.4, -0.2) is 73.0 Å². The lowest BCUT2D eigenvalue weighted by atomic mass is 9.93. The van der Waals surface area contributed by atoms with Gasteiger partial charge in [0.2, 0.25) is 5.95 Å². The number of nitrogens with one attached hydrogen (secondary N) is 2. The van der Waals surface area contributed by atoms with Gasteiger partial charge in [-0.3, -0.25) is 13.9 Å². The molecular formula is C27H36F2N7O7P. The molecule has 3 aromatic rings. The first-order valence-corrected chi connectivity index (χ1v) is 15.7. The van der Waals surface area contributed by atoms with Gasteiger partial charge in [-0.05, 0) is 59.1 Å². The lowest BCUT2D eigenvalue weighted by Crippen LogP contribution is -2.47. The van der Waals surface area contributed by atoms with Crippen molar-refractivity contribution >= 4 is 36.6 Å². The molecule has 3 heterocycles. The second-order valence-electron chi connectivity index (χ2n) is 11.3. The van der Waals surface area contributed by atoms with E-state index in [9.17, 15) is 14.5 Å². The number of hydrogen-bond acceptors (Lipinski definition) is 12. The van der Waals surface area contributed by atoms with Gasteiger partial charge in [-0.25, -0.2) is 18.3 Å². The van der Waals surface area contributed by atoms with Crippen LogP contribution in [0.25, 0.3) is 11.2 Å². The van der Waals surface area contributed by atoms with Crippen LogP contribution in [-0.2, 0) is 23.4 Å². The monoisotopic (exact) mass is 639 g/mol. The average molecular weight is 640 g/mol. The summed E-state index contributed by atoms with van der Waals surface area (Å²) in [5.74, 6) is -3.75. The van der Waals surface area contributed by atoms with Crippen molar-refractivity contribution in [2.45, 2.75) is 89.0 Å². The van der Waals surface area contributed by atoms with Gasteiger partial charge in [-0.1, -0.05) is 18.2 Å². The van der Waals surface area contributed by atoms with Crippen LogP contribution in [0.15, 0.2) is 36.7 Å². The molecule has 5 N–H and O–H groups in total. The number of rotatable bonds is 12. The number of imidazole rings is 1. The van der Waals surface area contributed by atoms with Gasteiger partial charge in [0.1, 0.15) is 18.4 Å². The highest BCUT2D eigenvalue weighted by Gasteiger charge is 2.65. The van der Waals surface area contributed by atoms with Crippen LogP contribution in [0.1, 0.15) is 53.2 Å². The number of alkyl halides is 2. The molecule has 1 aromatic carbocycles. The fourth-order valence-corrected chi connectivity index (χ4v) is 6.33. The molecule has 1 saturated heterocycles. The van der Waals surface area contributed by atoms with E-state index in [2.05, 4.69) is 25.4 Å². The van der Waals surface area contributed by atoms with Gasteiger partial charge < -0.3 is 30.2 Å². The largest absolute Gasteiger partial charge is 0.462 e. The molecule has 17 heteroatoms. The number of fused-ring (bicyclic) bond motifs is 1. The summed E-state index contributed by atoms with van der Waals surface area (Å²) in [6, 6.07) is 6.73. The maximum atomic E-state index is 16.3. The first-order chi connectivity index (χ1) is 20.7. The molecule has 0 spiro atoms. The van der Waals surface area contributed by atoms with Crippen LogP contribution in [0, 0.1) is 0 Å². The van der Waals surface area contributed by atoms with E-state index in [1.807, 2.05) is 0 Å². The highest BCUT2D eigenvalue weighted by Crippen LogP contribution is 2.52. The Labute approximate surface area is 252 Å². The maximum absolute atomic E-state index is 16.3. The van der Waals surface area contributed by atoms with E-state index in [0.717, 1.165) is 30.8 Å². The first kappa shape index (κ1) is 32.0. The average Bonchev–Trinajstić information content (AvgIpc) is 3.42. The van der Waals surface area contributed by atoms with Gasteiger partial charge in [0.15, 0.2) is 35.0 Å². The molecule has 5 rings (SSSR count). The molecule has 2 fully saturated rings. The van der Waals surface area contributed by atoms with Crippen LogP contribution in [0.4, 0.5) is 20.5 Å². The molecular weight excluding hydrogens is 603 g/mol. The van der Waals surface area contributed by atoms with E-state index < -0.39 is 56.3 Å². The number of aliphatic hydroxyl groups excluding tert-OH is 1. The van der Waals surface area contributed by atoms with Crippen LogP contribution < -0.4 is 20.7 Å². The third-order valence-electron chi connectivity index (χ3n) is 7.33. The number of nitrogen functional groups attached to an aromatic ring is 1. The second-order valence-corrected chi connectivity index (χ2v) is 13.0. The van der Waals surface area contributed by atoms with Gasteiger partial charge in [0.05, 0.1) is 12.4 Å². The standard InChI is InChI=1S/C27H36F2N7O7P/c1-15(2)41-22(37)16(3)35-44(39,43-18-11-6-5-7-12-18)40-13-27(29)23(38)26(4,28)24(42-27)36-14-31-19-20(32-17-9-8-10-17)33-25(30)34-21(19)36/h5-7,11-12,14-17,23-24,38H,8-10,13H2,1-4H3,(H,35,39)(H3,30,32,33,34)/t16-,23-,24+,26+,27+,44-/m0/s1. The van der Waals surface area contributed by atoms with Crippen molar-refractivity contribution in [3.05, 3.63) is 36.7 Å². The third-order valence-corrected chi connectivity index (χ3v) is 8.95. The Morgan fingerprint density at radius 2 is 1.95 bits per heavy atom. The van der Waals surface area contributed by atoms with Crippen molar-refractivity contribution in [2.75, 3.05) is 17.7 Å². The van der Waals surface area contributed by atoms with Gasteiger partial charge in [0, 0.05) is 6.04 Å². The quantitative estimate of drug-likeness (QED) is 0.166. The Balaban J connectivity index is 1.39. The number of carbonyl (C=O) groups excluding carboxylic acids is 1. The highest BCUT2D eigenvalue weighted by molar-refractivity contribution is 7.52. The fourth-order valence-electron chi connectivity index (χ4n) is 4.82. The number of esters is 1. The van der Waals surface area contributed by atoms with E-state index in [4.69, 9.17) is 24.3 Å². The van der Waals surface area contributed by atoms with E-state index >= 15 is 8.78 Å². The molecule has 14 nitrogen and oxygen atoms in total. The minimum Gasteiger partial charge on any atom is -0.462 e. The summed E-state index contributed by atoms with van der Waals surface area (Å²) in [7, 11) is -4.57. The van der Waals surface area contributed by atoms with Crippen LogP contribution in [0.3, 0.4) is 0 Å². The van der Waals surface area contributed by atoms with E-state index in [0.29, 0.717) is 5.82 Å². The summed E-state index contributed by atoms with van der Waals surface area (Å²) in [4.78, 5) is 25.1. The summed E-state index contributed by atoms with van der Waals surface area (Å²) >= 11 is 0. The fraction of sp³-hybridized carbons (Fsp3) is 0.556. The Bertz CT molecular complexity index is 1540. The van der Waals surface area contributed by atoms with Crippen LogP contribution >= 0.6 is 7.75 Å². The zero-order valence-corrected chi connectivity index (χ0v) is 25.5. The van der Waals surface area contributed by atoms with Gasteiger partial charge in [-0.15, -0.1) is 0 Å². The van der Waals surface area contributed by atoms with Gasteiger partial charge in [0.25, 0.3) is 5.85 Å². The van der Waals surface area contributed by atoms with Gasteiger partial charge >= 0.3 is 13.7 Å². The maximum Gasteiger partial charge on any atom is 0.459 e. The molecule has 1 aliphatic carbocycles. The lowest BCUT2D eigenvalue weighted by molar-refractivity contribution is -0.202. The molecule has 1 aliphatic heterocycles. The Hall–Kier alpha value is -3.43. The molecule has 1 saturated carbocycles. The topological polar surface area (TPSA) is 185 Å². The zero-order valence-electron chi connectivity index (χ0n) is 24.6. The Kier molecular flexibility index (Phi) is 8.84. The number of hydrogen-bond donors (Lipinski definition) is 4. The molecule has 44 heavy (non-hydrogen) atoms. The summed E-state index contributed by atoms with van der Waals surface area (Å²) in [5.41, 5.74) is 3.44. The molecule has 0 unspecified atom stereocenters. The number of ether oxygens (including phenoxy) is 2. The number of carbonyl (C=O) groups is 1. The number of nitrogens with zero attached hydrogens (tertiary/aromatic N) is 4. The number of aromatic nitrogens is 4. The number of halogens is 2. The molecule has 6 atom stereocenters. The zero-order chi connectivity index (χ0) is 31.9. The highest BCUT2D eigenvalue weighted by atomic mass is 31.2.